The maximum atomic E-state index is 4.44. The maximum Gasteiger partial charge on any atom is 0.0656 e. The summed E-state index contributed by atoms with van der Waals surface area (Å²) in [6.07, 6.45) is 4.88. The molecule has 1 aromatic rings. The lowest BCUT2D eigenvalue weighted by Crippen LogP contribution is -1.97. The summed E-state index contributed by atoms with van der Waals surface area (Å²) in [6.45, 7) is 8.16. The van der Waals surface area contributed by atoms with Gasteiger partial charge in [0.1, 0.15) is 0 Å². The monoisotopic (exact) mass is 176 g/mol. The van der Waals surface area contributed by atoms with E-state index in [1.165, 1.54) is 5.57 Å². The molecule has 1 aromatic heterocycles. The molecule has 0 radical (unpaired) electrons. The van der Waals surface area contributed by atoms with Crippen LogP contribution < -0.4 is 0 Å². The van der Waals surface area contributed by atoms with Crippen molar-refractivity contribution in [2.75, 3.05) is 0 Å². The van der Waals surface area contributed by atoms with Crippen LogP contribution in [0.2, 0.25) is 0 Å². The molecule has 0 amide bonds. The van der Waals surface area contributed by atoms with Gasteiger partial charge in [-0.05, 0) is 27.7 Å². The maximum absolute atomic E-state index is 4.44. The van der Waals surface area contributed by atoms with Crippen molar-refractivity contribution in [1.82, 2.24) is 9.97 Å². The zero-order valence-corrected chi connectivity index (χ0v) is 8.76. The van der Waals surface area contributed by atoms with Gasteiger partial charge in [0.05, 0.1) is 17.1 Å². The first-order valence-corrected chi connectivity index (χ1v) is 4.52. The van der Waals surface area contributed by atoms with Crippen LogP contribution in [0.1, 0.15) is 30.9 Å². The second-order valence-electron chi connectivity index (χ2n) is 3.53. The van der Waals surface area contributed by atoms with E-state index in [1.54, 1.807) is 6.20 Å². The number of hydrogen-bond acceptors (Lipinski definition) is 2. The van der Waals surface area contributed by atoms with Gasteiger partial charge < -0.3 is 0 Å². The number of allylic oxidation sites excluding steroid dienone is 2. The summed E-state index contributed by atoms with van der Waals surface area (Å²) >= 11 is 0. The zero-order valence-electron chi connectivity index (χ0n) is 8.76. The summed E-state index contributed by atoms with van der Waals surface area (Å²) in [5.41, 5.74) is 4.43. The van der Waals surface area contributed by atoms with Crippen molar-refractivity contribution in [3.8, 4) is 0 Å². The Morgan fingerprint density at radius 3 is 2.69 bits per heavy atom. The Labute approximate surface area is 79.7 Å². The lowest BCUT2D eigenvalue weighted by Gasteiger charge is -2.02. The SMILES string of the molecule is CC(C)=CCc1nc(C)cnc1C. The van der Waals surface area contributed by atoms with Crippen LogP contribution in [0.25, 0.3) is 0 Å². The van der Waals surface area contributed by atoms with E-state index in [-0.39, 0.29) is 0 Å². The molecule has 0 N–H and O–H groups in total. The lowest BCUT2D eigenvalue weighted by atomic mass is 10.2. The summed E-state index contributed by atoms with van der Waals surface area (Å²) < 4.78 is 0. The molecule has 0 atom stereocenters. The number of aromatic nitrogens is 2. The minimum Gasteiger partial charge on any atom is -0.258 e. The van der Waals surface area contributed by atoms with Gasteiger partial charge in [0.2, 0.25) is 0 Å². The molecule has 2 nitrogen and oxygen atoms in total. The van der Waals surface area contributed by atoms with Crippen LogP contribution in [0.4, 0.5) is 0 Å². The Balaban J connectivity index is 2.87. The molecule has 0 spiro atoms. The van der Waals surface area contributed by atoms with Gasteiger partial charge in [0, 0.05) is 12.6 Å². The van der Waals surface area contributed by atoms with E-state index in [0.29, 0.717) is 0 Å². The normalized spacial score (nSPS) is 9.85. The van der Waals surface area contributed by atoms with Crippen molar-refractivity contribution in [2.45, 2.75) is 34.1 Å². The Kier molecular flexibility index (Phi) is 3.18. The lowest BCUT2D eigenvalue weighted by molar-refractivity contribution is 0.960. The first-order valence-electron chi connectivity index (χ1n) is 4.52. The third-order valence-corrected chi connectivity index (χ3v) is 1.88. The molecule has 70 valence electrons. The summed E-state index contributed by atoms with van der Waals surface area (Å²) in [5.74, 6) is 0. The predicted octanol–water partition coefficient (Wildman–Crippen LogP) is 2.60. The van der Waals surface area contributed by atoms with Crippen LogP contribution in [0.3, 0.4) is 0 Å². The highest BCUT2D eigenvalue weighted by Gasteiger charge is 1.99. The van der Waals surface area contributed by atoms with Gasteiger partial charge >= 0.3 is 0 Å². The molecule has 0 aromatic carbocycles. The molecule has 0 aliphatic heterocycles. The van der Waals surface area contributed by atoms with E-state index in [0.717, 1.165) is 23.5 Å². The van der Waals surface area contributed by atoms with Crippen molar-refractivity contribution < 1.29 is 0 Å². The van der Waals surface area contributed by atoms with E-state index in [1.807, 2.05) is 13.8 Å². The smallest absolute Gasteiger partial charge is 0.0656 e. The summed E-state index contributed by atoms with van der Waals surface area (Å²) in [7, 11) is 0. The molecule has 0 aliphatic carbocycles. The van der Waals surface area contributed by atoms with Crippen molar-refractivity contribution in [1.29, 1.82) is 0 Å². The van der Waals surface area contributed by atoms with Gasteiger partial charge in [-0.25, -0.2) is 0 Å². The first-order chi connectivity index (χ1) is 6.09. The number of hydrogen-bond donors (Lipinski definition) is 0. The highest BCUT2D eigenvalue weighted by molar-refractivity contribution is 5.16. The standard InChI is InChI=1S/C11H16N2/c1-8(2)5-6-11-10(4)12-7-9(3)13-11/h5,7H,6H2,1-4H3. The van der Waals surface area contributed by atoms with Crippen LogP contribution in [-0.4, -0.2) is 9.97 Å². The van der Waals surface area contributed by atoms with Gasteiger partial charge in [0.15, 0.2) is 0 Å². The minimum absolute atomic E-state index is 0.892. The van der Waals surface area contributed by atoms with E-state index >= 15 is 0 Å². The first kappa shape index (κ1) is 9.90. The minimum atomic E-state index is 0.892. The van der Waals surface area contributed by atoms with Crippen molar-refractivity contribution >= 4 is 0 Å². The van der Waals surface area contributed by atoms with Crippen molar-refractivity contribution in [3.05, 3.63) is 34.9 Å². The molecule has 0 unspecified atom stereocenters. The Bertz CT molecular complexity index is 323. The topological polar surface area (TPSA) is 25.8 Å². The Hall–Kier alpha value is -1.18. The van der Waals surface area contributed by atoms with Crippen molar-refractivity contribution in [3.63, 3.8) is 0 Å². The van der Waals surface area contributed by atoms with Gasteiger partial charge in [-0.2, -0.15) is 0 Å². The molecule has 2 heteroatoms. The van der Waals surface area contributed by atoms with Crippen LogP contribution in [0.15, 0.2) is 17.8 Å². The third-order valence-electron chi connectivity index (χ3n) is 1.88. The number of nitrogens with zero attached hydrogens (tertiary/aromatic N) is 2. The Morgan fingerprint density at radius 1 is 1.38 bits per heavy atom. The molecule has 0 fully saturated rings. The molecule has 1 heterocycles. The highest BCUT2D eigenvalue weighted by Crippen LogP contribution is 2.05. The van der Waals surface area contributed by atoms with Gasteiger partial charge in [-0.3, -0.25) is 9.97 Å². The summed E-state index contributed by atoms with van der Waals surface area (Å²) in [5, 5.41) is 0. The molecule has 13 heavy (non-hydrogen) atoms. The van der Waals surface area contributed by atoms with Crippen LogP contribution in [-0.2, 0) is 6.42 Å². The van der Waals surface area contributed by atoms with Crippen molar-refractivity contribution in [2.24, 2.45) is 0 Å². The predicted molar refractivity (Wildman–Crippen MR) is 54.6 cm³/mol. The van der Waals surface area contributed by atoms with Crippen LogP contribution in [0.5, 0.6) is 0 Å². The summed E-state index contributed by atoms with van der Waals surface area (Å²) in [6, 6.07) is 0. The average molecular weight is 176 g/mol. The largest absolute Gasteiger partial charge is 0.258 e. The van der Waals surface area contributed by atoms with E-state index in [9.17, 15) is 0 Å². The van der Waals surface area contributed by atoms with Crippen LogP contribution >= 0.6 is 0 Å². The summed E-state index contributed by atoms with van der Waals surface area (Å²) in [4.78, 5) is 8.70. The quantitative estimate of drug-likeness (QED) is 0.647. The average Bonchev–Trinajstić information content (AvgIpc) is 2.06. The van der Waals surface area contributed by atoms with E-state index in [4.69, 9.17) is 0 Å². The number of rotatable bonds is 2. The molecule has 0 bridgehead atoms. The van der Waals surface area contributed by atoms with Gasteiger partial charge in [-0.1, -0.05) is 11.6 Å². The fourth-order valence-electron chi connectivity index (χ4n) is 1.08. The van der Waals surface area contributed by atoms with E-state index in [2.05, 4.69) is 29.9 Å². The molecule has 0 saturated heterocycles. The van der Waals surface area contributed by atoms with Gasteiger partial charge in [0.25, 0.3) is 0 Å². The second-order valence-corrected chi connectivity index (χ2v) is 3.53. The molecule has 1 rings (SSSR count). The zero-order chi connectivity index (χ0) is 9.84. The molecular formula is C11H16N2. The number of aryl methyl sites for hydroxylation is 2. The van der Waals surface area contributed by atoms with Crippen LogP contribution in [0, 0.1) is 13.8 Å². The molecular weight excluding hydrogens is 160 g/mol. The molecule has 0 saturated carbocycles. The Morgan fingerprint density at radius 2 is 2.08 bits per heavy atom. The highest BCUT2D eigenvalue weighted by atomic mass is 14.8. The third kappa shape index (κ3) is 2.98. The fraction of sp³-hybridized carbons (Fsp3) is 0.455. The fourth-order valence-corrected chi connectivity index (χ4v) is 1.08. The molecule has 0 aliphatic rings. The second kappa shape index (κ2) is 4.17. The van der Waals surface area contributed by atoms with Gasteiger partial charge in [-0.15, -0.1) is 0 Å². The van der Waals surface area contributed by atoms with E-state index < -0.39 is 0 Å².